The van der Waals surface area contributed by atoms with Gasteiger partial charge in [0.1, 0.15) is 0 Å². The second kappa shape index (κ2) is 5.25. The number of rotatable bonds is 5. The van der Waals surface area contributed by atoms with Crippen molar-refractivity contribution in [3.63, 3.8) is 0 Å². The molecular formula is C11H16N2O2S. The Balaban J connectivity index is 2.82. The van der Waals surface area contributed by atoms with Gasteiger partial charge in [-0.1, -0.05) is 18.2 Å². The summed E-state index contributed by atoms with van der Waals surface area (Å²) < 4.78 is 22.1. The molecular weight excluding hydrogens is 224 g/mol. The molecule has 0 aromatic heterocycles. The van der Waals surface area contributed by atoms with Crippen LogP contribution in [-0.4, -0.2) is 15.0 Å². The molecule has 0 aliphatic heterocycles. The zero-order valence-corrected chi connectivity index (χ0v) is 10.00. The number of benzene rings is 1. The minimum absolute atomic E-state index is 0.132. The van der Waals surface area contributed by atoms with Crippen molar-refractivity contribution in [2.75, 3.05) is 6.54 Å². The molecule has 1 aromatic carbocycles. The molecule has 0 aliphatic carbocycles. The maximum atomic E-state index is 11.0. The highest BCUT2D eigenvalue weighted by Crippen LogP contribution is 2.15. The summed E-state index contributed by atoms with van der Waals surface area (Å²) in [6, 6.07) is 6.67. The summed E-state index contributed by atoms with van der Waals surface area (Å²) in [6.45, 7) is 6.32. The van der Waals surface area contributed by atoms with Crippen LogP contribution in [0.5, 0.6) is 0 Å². The molecule has 0 aliphatic rings. The smallest absolute Gasteiger partial charge is 0.238 e. The lowest BCUT2D eigenvalue weighted by molar-refractivity contribution is 0.597. The molecule has 0 heterocycles. The third kappa shape index (κ3) is 3.44. The van der Waals surface area contributed by atoms with E-state index in [9.17, 15) is 8.42 Å². The van der Waals surface area contributed by atoms with Crippen molar-refractivity contribution >= 4 is 10.0 Å². The van der Waals surface area contributed by atoms with E-state index in [1.54, 1.807) is 18.2 Å². The first kappa shape index (κ1) is 12.9. The summed E-state index contributed by atoms with van der Waals surface area (Å²) in [4.78, 5) is 0.132. The van der Waals surface area contributed by atoms with Crippen LogP contribution in [0.4, 0.5) is 0 Å². The highest BCUT2D eigenvalue weighted by molar-refractivity contribution is 7.89. The maximum Gasteiger partial charge on any atom is 0.238 e. The monoisotopic (exact) mass is 240 g/mol. The molecule has 5 heteroatoms. The number of primary sulfonamides is 1. The predicted molar refractivity (Wildman–Crippen MR) is 64.4 cm³/mol. The van der Waals surface area contributed by atoms with Crippen LogP contribution in [0.25, 0.3) is 0 Å². The quantitative estimate of drug-likeness (QED) is 0.759. The Morgan fingerprint density at radius 1 is 1.44 bits per heavy atom. The lowest BCUT2D eigenvalue weighted by Gasteiger charge is -2.12. The van der Waals surface area contributed by atoms with E-state index in [1.807, 2.05) is 6.92 Å². The summed E-state index contributed by atoms with van der Waals surface area (Å²) in [7, 11) is -3.60. The number of hydrogen-bond donors (Lipinski definition) is 2. The van der Waals surface area contributed by atoms with Crippen LogP contribution < -0.4 is 10.5 Å². The molecule has 3 N–H and O–H groups in total. The highest BCUT2D eigenvalue weighted by Gasteiger charge is 2.08. The Bertz CT molecular complexity index is 451. The summed E-state index contributed by atoms with van der Waals surface area (Å²) in [5.74, 6) is 0. The molecule has 0 spiro atoms. The van der Waals surface area contributed by atoms with Crippen LogP contribution >= 0.6 is 0 Å². The van der Waals surface area contributed by atoms with Gasteiger partial charge in [-0.05, 0) is 24.6 Å². The molecule has 16 heavy (non-hydrogen) atoms. The van der Waals surface area contributed by atoms with Crippen LogP contribution in [-0.2, 0) is 10.0 Å². The average molecular weight is 240 g/mol. The number of sulfonamides is 1. The number of hydrogen-bond acceptors (Lipinski definition) is 3. The van der Waals surface area contributed by atoms with Crippen molar-refractivity contribution in [2.24, 2.45) is 5.14 Å². The molecule has 0 fully saturated rings. The van der Waals surface area contributed by atoms with Gasteiger partial charge in [0.15, 0.2) is 0 Å². The van der Waals surface area contributed by atoms with Crippen LogP contribution in [0.2, 0.25) is 0 Å². The minimum Gasteiger partial charge on any atom is -0.307 e. The highest BCUT2D eigenvalue weighted by atomic mass is 32.2. The second-order valence-corrected chi connectivity index (χ2v) is 5.09. The second-order valence-electron chi connectivity index (χ2n) is 3.53. The van der Waals surface area contributed by atoms with Crippen molar-refractivity contribution in [3.8, 4) is 0 Å². The SMILES string of the molecule is C=CCNC(C)c1ccc(S(N)(=O)=O)cc1. The van der Waals surface area contributed by atoms with Crippen molar-refractivity contribution < 1.29 is 8.42 Å². The first-order valence-electron chi connectivity index (χ1n) is 4.92. The van der Waals surface area contributed by atoms with Gasteiger partial charge in [0.2, 0.25) is 10.0 Å². The Hall–Kier alpha value is -1.17. The van der Waals surface area contributed by atoms with E-state index in [-0.39, 0.29) is 10.9 Å². The van der Waals surface area contributed by atoms with Gasteiger partial charge >= 0.3 is 0 Å². The van der Waals surface area contributed by atoms with Gasteiger partial charge in [-0.25, -0.2) is 13.6 Å². The van der Waals surface area contributed by atoms with Gasteiger partial charge in [-0.3, -0.25) is 0 Å². The summed E-state index contributed by atoms with van der Waals surface area (Å²) >= 11 is 0. The standard InChI is InChI=1S/C11H16N2O2S/c1-3-8-13-9(2)10-4-6-11(7-5-10)16(12,14)15/h3-7,9,13H,1,8H2,2H3,(H2,12,14,15). The topological polar surface area (TPSA) is 72.2 Å². The van der Waals surface area contributed by atoms with Gasteiger partial charge in [-0.2, -0.15) is 0 Å². The predicted octanol–water partition coefficient (Wildman–Crippen LogP) is 1.17. The molecule has 0 saturated carbocycles. The summed E-state index contributed by atoms with van der Waals surface area (Å²) in [6.07, 6.45) is 1.77. The van der Waals surface area contributed by atoms with Gasteiger partial charge in [0, 0.05) is 12.6 Å². The first-order chi connectivity index (χ1) is 7.45. The lowest BCUT2D eigenvalue weighted by Crippen LogP contribution is -2.18. The van der Waals surface area contributed by atoms with Crippen LogP contribution in [0.1, 0.15) is 18.5 Å². The average Bonchev–Trinajstić information content (AvgIpc) is 2.25. The molecule has 0 saturated heterocycles. The van der Waals surface area contributed by atoms with Crippen molar-refractivity contribution in [2.45, 2.75) is 17.9 Å². The minimum atomic E-state index is -3.60. The van der Waals surface area contributed by atoms with Crippen LogP contribution in [0.3, 0.4) is 0 Å². The van der Waals surface area contributed by atoms with E-state index >= 15 is 0 Å². The van der Waals surface area contributed by atoms with E-state index in [1.165, 1.54) is 12.1 Å². The fourth-order valence-corrected chi connectivity index (χ4v) is 1.84. The van der Waals surface area contributed by atoms with E-state index in [4.69, 9.17) is 5.14 Å². The summed E-state index contributed by atoms with van der Waals surface area (Å²) in [5.41, 5.74) is 1.01. The largest absolute Gasteiger partial charge is 0.307 e. The van der Waals surface area contributed by atoms with Gasteiger partial charge in [0.25, 0.3) is 0 Å². The van der Waals surface area contributed by atoms with Gasteiger partial charge in [0.05, 0.1) is 4.90 Å². The third-order valence-corrected chi connectivity index (χ3v) is 3.21. The molecule has 1 unspecified atom stereocenters. The molecule has 0 radical (unpaired) electrons. The van der Waals surface area contributed by atoms with Crippen LogP contribution in [0, 0.1) is 0 Å². The lowest BCUT2D eigenvalue weighted by atomic mass is 10.1. The van der Waals surface area contributed by atoms with Crippen molar-refractivity contribution in [3.05, 3.63) is 42.5 Å². The zero-order chi connectivity index (χ0) is 12.2. The van der Waals surface area contributed by atoms with Crippen LogP contribution in [0.15, 0.2) is 41.8 Å². The third-order valence-electron chi connectivity index (χ3n) is 2.28. The maximum absolute atomic E-state index is 11.0. The number of nitrogens with one attached hydrogen (secondary N) is 1. The van der Waals surface area contributed by atoms with E-state index in [0.29, 0.717) is 6.54 Å². The van der Waals surface area contributed by atoms with Crippen molar-refractivity contribution in [1.29, 1.82) is 0 Å². The van der Waals surface area contributed by atoms with Crippen molar-refractivity contribution in [1.82, 2.24) is 5.32 Å². The Morgan fingerprint density at radius 3 is 2.44 bits per heavy atom. The van der Waals surface area contributed by atoms with Gasteiger partial charge in [-0.15, -0.1) is 6.58 Å². The fourth-order valence-electron chi connectivity index (χ4n) is 1.32. The summed E-state index contributed by atoms with van der Waals surface area (Å²) in [5, 5.41) is 8.21. The molecule has 1 rings (SSSR count). The molecule has 0 bridgehead atoms. The normalized spacial score (nSPS) is 13.4. The van der Waals surface area contributed by atoms with E-state index in [0.717, 1.165) is 5.56 Å². The molecule has 1 atom stereocenters. The van der Waals surface area contributed by atoms with E-state index < -0.39 is 10.0 Å². The Kier molecular flexibility index (Phi) is 4.23. The molecule has 88 valence electrons. The first-order valence-corrected chi connectivity index (χ1v) is 6.47. The Morgan fingerprint density at radius 2 is 2.00 bits per heavy atom. The zero-order valence-electron chi connectivity index (χ0n) is 9.18. The molecule has 0 amide bonds. The van der Waals surface area contributed by atoms with Gasteiger partial charge < -0.3 is 5.32 Å². The van der Waals surface area contributed by atoms with E-state index in [2.05, 4.69) is 11.9 Å². The number of nitrogens with two attached hydrogens (primary N) is 1. The molecule has 4 nitrogen and oxygen atoms in total. The molecule has 1 aromatic rings. The fraction of sp³-hybridized carbons (Fsp3) is 0.273. The Labute approximate surface area is 96.2 Å².